The maximum absolute atomic E-state index is 11.5. The van der Waals surface area contributed by atoms with Crippen LogP contribution in [0.5, 0.6) is 0 Å². The van der Waals surface area contributed by atoms with Gasteiger partial charge in [-0.3, -0.25) is 4.68 Å². The van der Waals surface area contributed by atoms with E-state index in [2.05, 4.69) is 15.7 Å². The molecule has 9 nitrogen and oxygen atoms in total. The molecule has 0 bridgehead atoms. The number of nitrogens with zero attached hydrogens (tertiary/aromatic N) is 2. The number of hydrogen-bond acceptors (Lipinski definition) is 5. The van der Waals surface area contributed by atoms with Gasteiger partial charge in [0.1, 0.15) is 15.9 Å². The van der Waals surface area contributed by atoms with Crippen LogP contribution in [0, 0.1) is 0 Å². The Labute approximate surface area is 122 Å². The molecule has 1 heterocycles. The lowest BCUT2D eigenvalue weighted by Gasteiger charge is -2.14. The molecule has 0 aliphatic rings. The summed E-state index contributed by atoms with van der Waals surface area (Å²) >= 11 is 0. The lowest BCUT2D eigenvalue weighted by molar-refractivity contribution is -0.139. The molecule has 1 unspecified atom stereocenters. The smallest absolute Gasteiger partial charge is 0.326 e. The van der Waals surface area contributed by atoms with Gasteiger partial charge in [0.05, 0.1) is 12.3 Å². The third-order valence-electron chi connectivity index (χ3n) is 2.57. The average molecular weight is 318 g/mol. The Hall–Kier alpha value is -2.10. The van der Waals surface area contributed by atoms with Crippen LogP contribution in [0.3, 0.4) is 0 Å². The van der Waals surface area contributed by atoms with Crippen molar-refractivity contribution in [1.29, 1.82) is 0 Å². The van der Waals surface area contributed by atoms with Crippen LogP contribution in [-0.2, 0) is 21.2 Å². The first-order valence-electron chi connectivity index (χ1n) is 6.20. The van der Waals surface area contributed by atoms with Crippen molar-refractivity contribution in [3.63, 3.8) is 0 Å². The van der Waals surface area contributed by atoms with E-state index in [0.717, 1.165) is 6.26 Å². The zero-order valence-electron chi connectivity index (χ0n) is 11.5. The van der Waals surface area contributed by atoms with E-state index in [0.29, 0.717) is 6.54 Å². The van der Waals surface area contributed by atoms with Gasteiger partial charge in [-0.05, 0) is 12.5 Å². The molecule has 1 aromatic heterocycles. The van der Waals surface area contributed by atoms with Crippen LogP contribution in [0.15, 0.2) is 18.5 Å². The fourth-order valence-corrected chi connectivity index (χ4v) is 2.18. The van der Waals surface area contributed by atoms with Gasteiger partial charge in [0, 0.05) is 25.2 Å². The molecule has 1 aromatic rings. The van der Waals surface area contributed by atoms with Gasteiger partial charge >= 0.3 is 12.0 Å². The number of carboxylic acids is 1. The fourth-order valence-electron chi connectivity index (χ4n) is 1.52. The first kappa shape index (κ1) is 17.0. The van der Waals surface area contributed by atoms with Crippen molar-refractivity contribution in [3.8, 4) is 0 Å². The van der Waals surface area contributed by atoms with Gasteiger partial charge in [-0.25, -0.2) is 18.0 Å². The monoisotopic (exact) mass is 318 g/mol. The number of carbonyl (C=O) groups excluding carboxylic acids is 1. The number of carboxylic acid groups (broad SMARTS) is 1. The number of nitrogens with one attached hydrogen (secondary N) is 2. The molecule has 0 fully saturated rings. The third kappa shape index (κ3) is 7.30. The number of urea groups is 1. The van der Waals surface area contributed by atoms with Gasteiger partial charge in [0.2, 0.25) is 0 Å². The number of hydrogen-bond donors (Lipinski definition) is 3. The predicted molar refractivity (Wildman–Crippen MR) is 74.5 cm³/mol. The van der Waals surface area contributed by atoms with E-state index in [9.17, 15) is 18.0 Å². The van der Waals surface area contributed by atoms with E-state index in [1.54, 1.807) is 23.1 Å². The molecule has 1 atom stereocenters. The second-order valence-electron chi connectivity index (χ2n) is 4.48. The molecule has 10 heteroatoms. The number of aliphatic carboxylic acids is 1. The van der Waals surface area contributed by atoms with E-state index >= 15 is 0 Å². The highest BCUT2D eigenvalue weighted by atomic mass is 32.2. The van der Waals surface area contributed by atoms with Crippen molar-refractivity contribution in [3.05, 3.63) is 18.5 Å². The number of amides is 2. The molecular weight excluding hydrogens is 300 g/mol. The maximum Gasteiger partial charge on any atom is 0.326 e. The minimum absolute atomic E-state index is 0.180. The minimum Gasteiger partial charge on any atom is -0.480 e. The van der Waals surface area contributed by atoms with Crippen LogP contribution in [0.2, 0.25) is 0 Å². The summed E-state index contributed by atoms with van der Waals surface area (Å²) in [7, 11) is -3.28. The summed E-state index contributed by atoms with van der Waals surface area (Å²) in [5, 5.41) is 17.6. The fraction of sp³-hybridized carbons (Fsp3) is 0.545. The molecule has 0 aliphatic carbocycles. The van der Waals surface area contributed by atoms with Crippen molar-refractivity contribution in [1.82, 2.24) is 20.4 Å². The molecule has 0 saturated carbocycles. The topological polar surface area (TPSA) is 130 Å². The second kappa shape index (κ2) is 7.62. The predicted octanol–water partition coefficient (Wildman–Crippen LogP) is -0.930. The van der Waals surface area contributed by atoms with Gasteiger partial charge in [-0.1, -0.05) is 0 Å². The van der Waals surface area contributed by atoms with Crippen molar-refractivity contribution >= 4 is 21.8 Å². The molecule has 118 valence electrons. The highest BCUT2D eigenvalue weighted by Crippen LogP contribution is 1.97. The number of rotatable bonds is 8. The summed E-state index contributed by atoms with van der Waals surface area (Å²) in [5.74, 6) is -1.58. The van der Waals surface area contributed by atoms with Crippen molar-refractivity contribution in [2.24, 2.45) is 0 Å². The Kier molecular flexibility index (Phi) is 6.15. The van der Waals surface area contributed by atoms with Crippen LogP contribution in [0.1, 0.15) is 6.42 Å². The molecule has 21 heavy (non-hydrogen) atoms. The van der Waals surface area contributed by atoms with Crippen molar-refractivity contribution < 1.29 is 23.1 Å². The molecule has 3 N–H and O–H groups in total. The average Bonchev–Trinajstić information content (AvgIpc) is 2.86. The van der Waals surface area contributed by atoms with E-state index in [1.165, 1.54) is 0 Å². The Bertz CT molecular complexity index is 569. The van der Waals surface area contributed by atoms with E-state index in [4.69, 9.17) is 5.11 Å². The minimum atomic E-state index is -3.28. The van der Waals surface area contributed by atoms with Crippen LogP contribution in [-0.4, -0.2) is 59.9 Å². The molecule has 2 amide bonds. The van der Waals surface area contributed by atoms with Crippen LogP contribution >= 0.6 is 0 Å². The summed E-state index contributed by atoms with van der Waals surface area (Å²) in [6, 6.07) is -0.168. The first-order chi connectivity index (χ1) is 9.78. The number of aromatic nitrogens is 2. The first-order valence-corrected chi connectivity index (χ1v) is 8.26. The molecule has 0 radical (unpaired) electrons. The van der Waals surface area contributed by atoms with Crippen molar-refractivity contribution in [2.75, 3.05) is 18.6 Å². The molecule has 0 spiro atoms. The number of sulfone groups is 1. The zero-order valence-corrected chi connectivity index (χ0v) is 12.3. The largest absolute Gasteiger partial charge is 0.480 e. The summed E-state index contributed by atoms with van der Waals surface area (Å²) in [5.41, 5.74) is 0. The highest BCUT2D eigenvalue weighted by Gasteiger charge is 2.21. The van der Waals surface area contributed by atoms with E-state index in [-0.39, 0.29) is 18.7 Å². The van der Waals surface area contributed by atoms with Crippen LogP contribution in [0.4, 0.5) is 4.79 Å². The Morgan fingerprint density at radius 2 is 2.14 bits per heavy atom. The maximum atomic E-state index is 11.5. The van der Waals surface area contributed by atoms with Crippen LogP contribution in [0.25, 0.3) is 0 Å². The highest BCUT2D eigenvalue weighted by molar-refractivity contribution is 7.90. The Morgan fingerprint density at radius 3 is 2.67 bits per heavy atom. The van der Waals surface area contributed by atoms with Crippen LogP contribution < -0.4 is 10.6 Å². The van der Waals surface area contributed by atoms with Gasteiger partial charge in [-0.15, -0.1) is 0 Å². The summed E-state index contributed by atoms with van der Waals surface area (Å²) in [6.07, 6.45) is 4.16. The zero-order chi connectivity index (χ0) is 15.9. The Morgan fingerprint density at radius 1 is 1.43 bits per heavy atom. The van der Waals surface area contributed by atoms with Gasteiger partial charge < -0.3 is 15.7 Å². The van der Waals surface area contributed by atoms with Crippen molar-refractivity contribution in [2.45, 2.75) is 19.0 Å². The standard InChI is InChI=1S/C11H18N4O5S/c1-21(19,20)8-3-9(10(16)17)14-11(18)12-5-7-15-6-2-4-13-15/h2,4,6,9H,3,5,7-8H2,1H3,(H,16,17)(H2,12,14,18). The molecular formula is C11H18N4O5S. The molecule has 1 rings (SSSR count). The van der Waals surface area contributed by atoms with Gasteiger partial charge in [-0.2, -0.15) is 5.10 Å². The summed E-state index contributed by atoms with van der Waals surface area (Å²) in [6.45, 7) is 0.716. The summed E-state index contributed by atoms with van der Waals surface area (Å²) in [4.78, 5) is 22.5. The van der Waals surface area contributed by atoms with Gasteiger partial charge in [0.25, 0.3) is 0 Å². The van der Waals surface area contributed by atoms with Gasteiger partial charge in [0.15, 0.2) is 0 Å². The Balaban J connectivity index is 2.36. The molecule has 0 aromatic carbocycles. The third-order valence-corrected chi connectivity index (χ3v) is 3.54. The van der Waals surface area contributed by atoms with E-state index < -0.39 is 27.9 Å². The molecule has 0 saturated heterocycles. The lowest BCUT2D eigenvalue weighted by Crippen LogP contribution is -2.47. The lowest BCUT2D eigenvalue weighted by atomic mass is 10.2. The SMILES string of the molecule is CS(=O)(=O)CCC(NC(=O)NCCn1cccn1)C(=O)O. The second-order valence-corrected chi connectivity index (χ2v) is 6.74. The molecule has 0 aliphatic heterocycles. The van der Waals surface area contributed by atoms with E-state index in [1.807, 2.05) is 0 Å². The number of carbonyl (C=O) groups is 2. The normalized spacial score (nSPS) is 12.6. The summed E-state index contributed by atoms with van der Waals surface area (Å²) < 4.78 is 23.6. The quantitative estimate of drug-likeness (QED) is 0.567.